The molecule has 1 aromatic rings. The molecule has 0 radical (unpaired) electrons. The summed E-state index contributed by atoms with van der Waals surface area (Å²) in [5.74, 6) is -0.943. The number of nitrogens with one attached hydrogen (secondary N) is 1. The van der Waals surface area contributed by atoms with E-state index < -0.39 is 5.97 Å². The molecule has 1 heterocycles. The minimum absolute atomic E-state index is 0.255. The molecule has 2 rings (SSSR count). The van der Waals surface area contributed by atoms with Crippen LogP contribution in [0.2, 0.25) is 0 Å². The molecule has 1 aliphatic rings. The number of benzene rings is 1. The Morgan fingerprint density at radius 3 is 2.76 bits per heavy atom. The van der Waals surface area contributed by atoms with E-state index in [1.807, 2.05) is 11.1 Å². The summed E-state index contributed by atoms with van der Waals surface area (Å²) in [6, 6.07) is 5.16. The summed E-state index contributed by atoms with van der Waals surface area (Å²) in [5, 5.41) is 11.1. The van der Waals surface area contributed by atoms with Crippen molar-refractivity contribution in [1.82, 2.24) is 5.01 Å². The molecule has 0 saturated carbocycles. The zero-order valence-corrected chi connectivity index (χ0v) is 10.7. The lowest BCUT2D eigenvalue weighted by Crippen LogP contribution is -2.40. The van der Waals surface area contributed by atoms with Gasteiger partial charge in [0.25, 0.3) is 0 Å². The summed E-state index contributed by atoms with van der Waals surface area (Å²) >= 11 is 3.27. The van der Waals surface area contributed by atoms with E-state index >= 15 is 0 Å². The molecule has 0 spiro atoms. The van der Waals surface area contributed by atoms with Crippen LogP contribution in [0.4, 0.5) is 5.69 Å². The highest BCUT2D eigenvalue weighted by atomic mass is 79.9. The van der Waals surface area contributed by atoms with Gasteiger partial charge < -0.3 is 15.3 Å². The van der Waals surface area contributed by atoms with Gasteiger partial charge in [-0.25, -0.2) is 9.80 Å². The highest BCUT2D eigenvalue weighted by molar-refractivity contribution is 9.10. The molecule has 2 N–H and O–H groups in total. The molecule has 0 bridgehead atoms. The molecule has 1 aromatic carbocycles. The van der Waals surface area contributed by atoms with E-state index in [0.717, 1.165) is 17.6 Å². The zero-order valence-electron chi connectivity index (χ0n) is 9.15. The summed E-state index contributed by atoms with van der Waals surface area (Å²) in [6.07, 6.45) is 0. The number of hydrogen-bond donors (Lipinski definition) is 2. The number of hydrogen-bond acceptors (Lipinski definition) is 4. The van der Waals surface area contributed by atoms with Gasteiger partial charge in [0.15, 0.2) is 0 Å². The van der Waals surface area contributed by atoms with Gasteiger partial charge in [0, 0.05) is 17.6 Å². The maximum atomic E-state index is 11.1. The van der Waals surface area contributed by atoms with Gasteiger partial charge in [-0.15, -0.1) is 0 Å². The SMILES string of the molecule is O=C(O)c1cc(Br)ccc1NN1CCOCC1. The van der Waals surface area contributed by atoms with Crippen LogP contribution in [0.25, 0.3) is 0 Å². The maximum Gasteiger partial charge on any atom is 0.337 e. The van der Waals surface area contributed by atoms with Crippen molar-refractivity contribution in [2.24, 2.45) is 0 Å². The maximum absolute atomic E-state index is 11.1. The molecule has 6 heteroatoms. The third-order valence-electron chi connectivity index (χ3n) is 2.50. The van der Waals surface area contributed by atoms with E-state index in [4.69, 9.17) is 9.84 Å². The molecule has 0 unspecified atom stereocenters. The quantitative estimate of drug-likeness (QED) is 0.891. The van der Waals surface area contributed by atoms with Crippen LogP contribution in [0.15, 0.2) is 22.7 Å². The second kappa shape index (κ2) is 5.48. The van der Waals surface area contributed by atoms with Gasteiger partial charge in [-0.05, 0) is 18.2 Å². The van der Waals surface area contributed by atoms with Crippen molar-refractivity contribution < 1.29 is 14.6 Å². The summed E-state index contributed by atoms with van der Waals surface area (Å²) in [4.78, 5) is 11.1. The fraction of sp³-hybridized carbons (Fsp3) is 0.364. The average Bonchev–Trinajstić information content (AvgIpc) is 2.32. The zero-order chi connectivity index (χ0) is 12.3. The second-order valence-electron chi connectivity index (χ2n) is 3.71. The molecule has 0 aliphatic carbocycles. The van der Waals surface area contributed by atoms with Gasteiger partial charge >= 0.3 is 5.97 Å². The van der Waals surface area contributed by atoms with Crippen LogP contribution in [0.1, 0.15) is 10.4 Å². The van der Waals surface area contributed by atoms with E-state index in [9.17, 15) is 4.79 Å². The molecular formula is C11H13BrN2O3. The van der Waals surface area contributed by atoms with Gasteiger partial charge in [-0.3, -0.25) is 0 Å². The number of carboxylic acid groups (broad SMARTS) is 1. The standard InChI is InChI=1S/C11H13BrN2O3/c12-8-1-2-10(9(7-8)11(15)16)13-14-3-5-17-6-4-14/h1-2,7,13H,3-6H2,(H,15,16). The lowest BCUT2D eigenvalue weighted by molar-refractivity contribution is 0.0495. The smallest absolute Gasteiger partial charge is 0.337 e. The van der Waals surface area contributed by atoms with Crippen molar-refractivity contribution in [2.75, 3.05) is 31.7 Å². The third-order valence-corrected chi connectivity index (χ3v) is 2.99. The Morgan fingerprint density at radius 1 is 1.41 bits per heavy atom. The van der Waals surface area contributed by atoms with Crippen LogP contribution in [0, 0.1) is 0 Å². The van der Waals surface area contributed by atoms with E-state index in [1.165, 1.54) is 0 Å². The Balaban J connectivity index is 2.16. The number of rotatable bonds is 3. The van der Waals surface area contributed by atoms with Crippen molar-refractivity contribution in [3.63, 3.8) is 0 Å². The van der Waals surface area contributed by atoms with Crippen LogP contribution >= 0.6 is 15.9 Å². The predicted molar refractivity (Wildman–Crippen MR) is 67.1 cm³/mol. The van der Waals surface area contributed by atoms with Crippen LogP contribution in [0.3, 0.4) is 0 Å². The molecule has 1 aliphatic heterocycles. The van der Waals surface area contributed by atoms with E-state index in [0.29, 0.717) is 18.9 Å². The van der Waals surface area contributed by atoms with Crippen molar-refractivity contribution in [3.05, 3.63) is 28.2 Å². The highest BCUT2D eigenvalue weighted by Gasteiger charge is 2.15. The Morgan fingerprint density at radius 2 is 2.12 bits per heavy atom. The van der Waals surface area contributed by atoms with Crippen molar-refractivity contribution in [1.29, 1.82) is 0 Å². The Hall–Kier alpha value is -1.11. The molecule has 92 valence electrons. The van der Waals surface area contributed by atoms with Crippen molar-refractivity contribution in [3.8, 4) is 0 Å². The fourth-order valence-electron chi connectivity index (χ4n) is 1.64. The number of aromatic carboxylic acids is 1. The highest BCUT2D eigenvalue weighted by Crippen LogP contribution is 2.21. The summed E-state index contributed by atoms with van der Waals surface area (Å²) in [6.45, 7) is 2.81. The molecule has 0 atom stereocenters. The minimum Gasteiger partial charge on any atom is -0.478 e. The number of ether oxygens (including phenoxy) is 1. The van der Waals surface area contributed by atoms with Gasteiger partial charge in [-0.1, -0.05) is 15.9 Å². The number of carboxylic acids is 1. The summed E-state index contributed by atoms with van der Waals surface area (Å²) in [7, 11) is 0. The third kappa shape index (κ3) is 3.18. The van der Waals surface area contributed by atoms with Crippen LogP contribution in [-0.4, -0.2) is 42.4 Å². The topological polar surface area (TPSA) is 61.8 Å². The lowest BCUT2D eigenvalue weighted by atomic mass is 10.2. The largest absolute Gasteiger partial charge is 0.478 e. The first kappa shape index (κ1) is 12.3. The van der Waals surface area contributed by atoms with Crippen LogP contribution in [-0.2, 0) is 4.74 Å². The number of hydrazine groups is 1. The first-order valence-corrected chi connectivity index (χ1v) is 6.08. The Bertz CT molecular complexity index is 419. The number of halogens is 1. The van der Waals surface area contributed by atoms with Crippen molar-refractivity contribution in [2.45, 2.75) is 0 Å². The molecule has 17 heavy (non-hydrogen) atoms. The van der Waals surface area contributed by atoms with Gasteiger partial charge in [0.05, 0.1) is 24.5 Å². The normalized spacial score (nSPS) is 16.8. The first-order chi connectivity index (χ1) is 8.16. The number of morpholine rings is 1. The van der Waals surface area contributed by atoms with Crippen molar-refractivity contribution >= 4 is 27.6 Å². The molecule has 1 saturated heterocycles. The molecule has 5 nitrogen and oxygen atoms in total. The average molecular weight is 301 g/mol. The minimum atomic E-state index is -0.943. The summed E-state index contributed by atoms with van der Waals surface area (Å²) < 4.78 is 5.98. The number of nitrogens with zero attached hydrogens (tertiary/aromatic N) is 1. The first-order valence-electron chi connectivity index (χ1n) is 5.29. The van der Waals surface area contributed by atoms with Crippen LogP contribution < -0.4 is 5.43 Å². The van der Waals surface area contributed by atoms with Gasteiger partial charge in [0.1, 0.15) is 0 Å². The molecule has 1 fully saturated rings. The molecular weight excluding hydrogens is 288 g/mol. The number of anilines is 1. The summed E-state index contributed by atoms with van der Waals surface area (Å²) in [5.41, 5.74) is 3.96. The lowest BCUT2D eigenvalue weighted by Gasteiger charge is -2.28. The van der Waals surface area contributed by atoms with Gasteiger partial charge in [0.2, 0.25) is 0 Å². The Kier molecular flexibility index (Phi) is 3.98. The van der Waals surface area contributed by atoms with Gasteiger partial charge in [-0.2, -0.15) is 0 Å². The monoisotopic (exact) mass is 300 g/mol. The van der Waals surface area contributed by atoms with E-state index in [-0.39, 0.29) is 5.56 Å². The number of carbonyl (C=O) groups is 1. The molecule has 0 aromatic heterocycles. The second-order valence-corrected chi connectivity index (χ2v) is 4.62. The Labute approximate surface area is 107 Å². The van der Waals surface area contributed by atoms with E-state index in [2.05, 4.69) is 21.4 Å². The van der Waals surface area contributed by atoms with Crippen LogP contribution in [0.5, 0.6) is 0 Å². The predicted octanol–water partition coefficient (Wildman–Crippen LogP) is 1.81. The molecule has 0 amide bonds. The van der Waals surface area contributed by atoms with E-state index in [1.54, 1.807) is 12.1 Å². The fourth-order valence-corrected chi connectivity index (χ4v) is 2.00.